The molecule has 1 unspecified atom stereocenters. The number of halogens is 1. The van der Waals surface area contributed by atoms with E-state index in [1.807, 2.05) is 0 Å². The Hall–Kier alpha value is -1.10. The van der Waals surface area contributed by atoms with E-state index in [1.165, 1.54) is 10.6 Å². The molecule has 5 heteroatoms. The highest BCUT2D eigenvalue weighted by Gasteiger charge is 2.09. The van der Waals surface area contributed by atoms with Crippen molar-refractivity contribution in [2.75, 3.05) is 6.54 Å². The van der Waals surface area contributed by atoms with Gasteiger partial charge in [-0.15, -0.1) is 0 Å². The van der Waals surface area contributed by atoms with E-state index in [9.17, 15) is 9.59 Å². The molecule has 1 aromatic heterocycles. The van der Waals surface area contributed by atoms with Gasteiger partial charge in [0.15, 0.2) is 0 Å². The molecule has 17 heavy (non-hydrogen) atoms. The molecule has 0 saturated heterocycles. The summed E-state index contributed by atoms with van der Waals surface area (Å²) in [6.45, 7) is 2.67. The topological polar surface area (TPSA) is 51.1 Å². The molecule has 1 aromatic rings. The zero-order chi connectivity index (χ0) is 12.8. The number of aromatic nitrogens is 1. The molecule has 0 fully saturated rings. The van der Waals surface area contributed by atoms with Gasteiger partial charge in [-0.2, -0.15) is 0 Å². The van der Waals surface area contributed by atoms with Crippen LogP contribution in [-0.2, 0) is 7.05 Å². The Morgan fingerprint density at radius 3 is 2.88 bits per heavy atom. The fourth-order valence-electron chi connectivity index (χ4n) is 1.41. The van der Waals surface area contributed by atoms with Crippen molar-refractivity contribution in [2.24, 2.45) is 7.05 Å². The van der Waals surface area contributed by atoms with Crippen LogP contribution < -0.4 is 10.9 Å². The lowest BCUT2D eigenvalue weighted by atomic mass is 10.2. The molecule has 0 spiro atoms. The Morgan fingerprint density at radius 1 is 1.59 bits per heavy atom. The van der Waals surface area contributed by atoms with Crippen molar-refractivity contribution in [3.05, 3.63) is 34.2 Å². The minimum absolute atomic E-state index is 0.179. The molecular weight excluding hydrogens is 284 g/mol. The first-order chi connectivity index (χ1) is 8.04. The molecule has 1 atom stereocenters. The van der Waals surface area contributed by atoms with Gasteiger partial charge in [-0.3, -0.25) is 9.59 Å². The van der Waals surface area contributed by atoms with Crippen LogP contribution in [0, 0.1) is 0 Å². The minimum atomic E-state index is -0.205. The number of carbonyl (C=O) groups is 1. The fraction of sp³-hybridized carbons (Fsp3) is 0.500. The number of aryl methyl sites for hydroxylation is 1. The third kappa shape index (κ3) is 4.34. The number of carbonyl (C=O) groups excluding carboxylic acids is 1. The molecule has 0 aromatic carbocycles. The molecule has 0 bridgehead atoms. The van der Waals surface area contributed by atoms with Crippen LogP contribution in [0.2, 0.25) is 0 Å². The van der Waals surface area contributed by atoms with Crippen LogP contribution in [0.15, 0.2) is 23.1 Å². The molecule has 1 rings (SSSR count). The van der Waals surface area contributed by atoms with Crippen molar-refractivity contribution >= 4 is 21.8 Å². The van der Waals surface area contributed by atoms with Gasteiger partial charge in [0.25, 0.3) is 11.5 Å². The number of nitrogens with one attached hydrogen (secondary N) is 1. The van der Waals surface area contributed by atoms with Crippen LogP contribution in [0.3, 0.4) is 0 Å². The summed E-state index contributed by atoms with van der Waals surface area (Å²) in [7, 11) is 1.65. The second-order valence-corrected chi connectivity index (χ2v) is 5.26. The molecule has 1 heterocycles. The van der Waals surface area contributed by atoms with Crippen molar-refractivity contribution in [1.82, 2.24) is 9.88 Å². The molecule has 4 nitrogen and oxygen atoms in total. The van der Waals surface area contributed by atoms with Crippen LogP contribution in [0.4, 0.5) is 0 Å². The molecule has 0 aliphatic heterocycles. The number of rotatable bonds is 5. The zero-order valence-electron chi connectivity index (χ0n) is 10.1. The number of alkyl halides is 1. The van der Waals surface area contributed by atoms with Crippen molar-refractivity contribution in [3.63, 3.8) is 0 Å². The Bertz CT molecular complexity index is 442. The Labute approximate surface area is 109 Å². The monoisotopic (exact) mass is 300 g/mol. The Kier molecular flexibility index (Phi) is 5.41. The summed E-state index contributed by atoms with van der Waals surface area (Å²) in [5.74, 6) is -0.205. The first kappa shape index (κ1) is 14.0. The maximum Gasteiger partial charge on any atom is 0.251 e. The fourth-order valence-corrected chi connectivity index (χ4v) is 2.03. The summed E-state index contributed by atoms with van der Waals surface area (Å²) < 4.78 is 1.43. The highest BCUT2D eigenvalue weighted by atomic mass is 79.9. The van der Waals surface area contributed by atoms with Gasteiger partial charge < -0.3 is 9.88 Å². The van der Waals surface area contributed by atoms with Gasteiger partial charge in [0.1, 0.15) is 0 Å². The number of pyridine rings is 1. The van der Waals surface area contributed by atoms with Gasteiger partial charge in [0.05, 0.1) is 0 Å². The summed E-state index contributed by atoms with van der Waals surface area (Å²) in [5, 5.41) is 2.80. The number of amides is 1. The van der Waals surface area contributed by atoms with E-state index in [1.54, 1.807) is 19.3 Å². The first-order valence-corrected chi connectivity index (χ1v) is 6.55. The zero-order valence-corrected chi connectivity index (χ0v) is 11.7. The summed E-state index contributed by atoms with van der Waals surface area (Å²) >= 11 is 3.48. The predicted octanol–water partition coefficient (Wildman–Crippen LogP) is 1.68. The van der Waals surface area contributed by atoms with Crippen molar-refractivity contribution in [2.45, 2.75) is 24.6 Å². The smallest absolute Gasteiger partial charge is 0.251 e. The van der Waals surface area contributed by atoms with E-state index in [0.717, 1.165) is 12.8 Å². The quantitative estimate of drug-likeness (QED) is 0.841. The maximum absolute atomic E-state index is 11.7. The van der Waals surface area contributed by atoms with Crippen LogP contribution in [0.5, 0.6) is 0 Å². The van der Waals surface area contributed by atoms with E-state index in [4.69, 9.17) is 0 Å². The number of hydrogen-bond acceptors (Lipinski definition) is 2. The molecule has 0 aliphatic carbocycles. The minimum Gasteiger partial charge on any atom is -0.351 e. The Balaban J connectivity index is 2.58. The van der Waals surface area contributed by atoms with Gasteiger partial charge >= 0.3 is 0 Å². The average Bonchev–Trinajstić information content (AvgIpc) is 2.30. The first-order valence-electron chi connectivity index (χ1n) is 5.63. The summed E-state index contributed by atoms with van der Waals surface area (Å²) in [6, 6.07) is 2.98. The Morgan fingerprint density at radius 2 is 2.29 bits per heavy atom. The second kappa shape index (κ2) is 6.59. The number of hydrogen-bond donors (Lipinski definition) is 1. The van der Waals surface area contributed by atoms with Gasteiger partial charge in [0, 0.05) is 36.2 Å². The van der Waals surface area contributed by atoms with E-state index in [-0.39, 0.29) is 16.3 Å². The molecule has 0 aliphatic rings. The average molecular weight is 301 g/mol. The van der Waals surface area contributed by atoms with Crippen LogP contribution in [0.25, 0.3) is 0 Å². The van der Waals surface area contributed by atoms with Crippen LogP contribution >= 0.6 is 15.9 Å². The van der Waals surface area contributed by atoms with Crippen molar-refractivity contribution < 1.29 is 4.79 Å². The summed E-state index contributed by atoms with van der Waals surface area (Å²) in [6.07, 6.45) is 3.67. The van der Waals surface area contributed by atoms with E-state index < -0.39 is 0 Å². The maximum atomic E-state index is 11.7. The summed E-state index contributed by atoms with van der Waals surface area (Å²) in [5.41, 5.74) is 0.228. The molecule has 1 N–H and O–H groups in total. The largest absolute Gasteiger partial charge is 0.351 e. The van der Waals surface area contributed by atoms with Crippen molar-refractivity contribution in [3.8, 4) is 0 Å². The third-order valence-corrected chi connectivity index (χ3v) is 3.23. The lowest BCUT2D eigenvalue weighted by Gasteiger charge is -2.10. The summed E-state index contributed by atoms with van der Waals surface area (Å²) in [4.78, 5) is 23.4. The molecular formula is C12H17BrN2O2. The van der Waals surface area contributed by atoms with E-state index in [2.05, 4.69) is 28.2 Å². The van der Waals surface area contributed by atoms with Crippen LogP contribution in [-0.4, -0.2) is 21.8 Å². The van der Waals surface area contributed by atoms with Gasteiger partial charge in [-0.05, 0) is 12.5 Å². The van der Waals surface area contributed by atoms with E-state index >= 15 is 0 Å². The highest BCUT2D eigenvalue weighted by molar-refractivity contribution is 9.09. The molecule has 0 saturated carbocycles. The van der Waals surface area contributed by atoms with Gasteiger partial charge in [-0.1, -0.05) is 29.3 Å². The molecule has 0 radical (unpaired) electrons. The highest BCUT2D eigenvalue weighted by Crippen LogP contribution is 2.06. The van der Waals surface area contributed by atoms with Crippen molar-refractivity contribution in [1.29, 1.82) is 0 Å². The third-order valence-electron chi connectivity index (χ3n) is 2.45. The lowest BCUT2D eigenvalue weighted by Crippen LogP contribution is -2.30. The lowest BCUT2D eigenvalue weighted by molar-refractivity contribution is 0.0953. The SMILES string of the molecule is CCCC(Br)CNC(=O)c1ccn(C)c(=O)c1. The standard InChI is InChI=1S/C12H17BrN2O2/c1-3-4-10(13)8-14-12(17)9-5-6-15(2)11(16)7-9/h5-7,10H,3-4,8H2,1-2H3,(H,14,17). The predicted molar refractivity (Wildman–Crippen MR) is 71.6 cm³/mol. The van der Waals surface area contributed by atoms with Gasteiger partial charge in [0.2, 0.25) is 0 Å². The molecule has 94 valence electrons. The van der Waals surface area contributed by atoms with Crippen LogP contribution in [0.1, 0.15) is 30.1 Å². The second-order valence-electron chi connectivity index (χ2n) is 3.96. The van der Waals surface area contributed by atoms with Gasteiger partial charge in [-0.25, -0.2) is 0 Å². The molecule has 1 amide bonds. The van der Waals surface area contributed by atoms with E-state index in [0.29, 0.717) is 12.1 Å². The normalized spacial score (nSPS) is 12.2. The number of nitrogens with zero attached hydrogens (tertiary/aromatic N) is 1.